The molecule has 0 aromatic heterocycles. The summed E-state index contributed by atoms with van der Waals surface area (Å²) < 4.78 is 0. The quantitative estimate of drug-likeness (QED) is 0.121. The molecule has 0 spiro atoms. The fourth-order valence-electron chi connectivity index (χ4n) is 3.37. The van der Waals surface area contributed by atoms with E-state index in [0.717, 1.165) is 0 Å². The van der Waals surface area contributed by atoms with Gasteiger partial charge >= 0.3 is 0 Å². The molecule has 0 aromatic rings. The zero-order valence-corrected chi connectivity index (χ0v) is 30.4. The summed E-state index contributed by atoms with van der Waals surface area (Å²) in [6.45, 7) is 24.0. The minimum atomic E-state index is 0. The largest absolute Gasteiger partial charge is 0.512 e. The van der Waals surface area contributed by atoms with Crippen LogP contribution >= 0.6 is 0 Å². The fourth-order valence-corrected chi connectivity index (χ4v) is 3.37. The molecular formula is C33H60O6Y. The van der Waals surface area contributed by atoms with Crippen molar-refractivity contribution >= 4 is 17.3 Å². The van der Waals surface area contributed by atoms with Crippen LogP contribution in [0.2, 0.25) is 0 Å². The van der Waals surface area contributed by atoms with Crippen LogP contribution in [0, 0.1) is 35.5 Å². The van der Waals surface area contributed by atoms with Crippen molar-refractivity contribution in [1.82, 2.24) is 0 Å². The van der Waals surface area contributed by atoms with E-state index >= 15 is 0 Å². The molecule has 0 bridgehead atoms. The van der Waals surface area contributed by atoms with Crippen molar-refractivity contribution < 1.29 is 62.4 Å². The molecule has 231 valence electrons. The zero-order chi connectivity index (χ0) is 31.3. The minimum Gasteiger partial charge on any atom is -0.512 e. The minimum absolute atomic E-state index is 0. The molecule has 6 nitrogen and oxygen atoms in total. The molecule has 0 amide bonds. The van der Waals surface area contributed by atoms with Gasteiger partial charge in [-0.2, -0.15) is 0 Å². The van der Waals surface area contributed by atoms with Crippen molar-refractivity contribution in [2.45, 2.75) is 122 Å². The van der Waals surface area contributed by atoms with Crippen LogP contribution in [0.15, 0.2) is 35.5 Å². The third-order valence-corrected chi connectivity index (χ3v) is 4.66. The number of carbonyl (C=O) groups excluding carboxylic acids is 3. The Morgan fingerprint density at radius 1 is 0.400 bits per heavy atom. The van der Waals surface area contributed by atoms with Crippen LogP contribution < -0.4 is 0 Å². The Kier molecular flexibility index (Phi) is 30.4. The molecule has 40 heavy (non-hydrogen) atoms. The summed E-state index contributed by atoms with van der Waals surface area (Å²) in [5.74, 6) is 2.94. The topological polar surface area (TPSA) is 112 Å². The number of rotatable bonds is 15. The third kappa shape index (κ3) is 38.9. The monoisotopic (exact) mass is 641 g/mol. The van der Waals surface area contributed by atoms with Gasteiger partial charge in [-0.25, -0.2) is 0 Å². The van der Waals surface area contributed by atoms with Gasteiger partial charge in [0.2, 0.25) is 0 Å². The number of hydrogen-bond acceptors (Lipinski definition) is 6. The maximum atomic E-state index is 11.2. The summed E-state index contributed by atoms with van der Waals surface area (Å²) in [5, 5.41) is 28.0. The van der Waals surface area contributed by atoms with E-state index in [2.05, 4.69) is 0 Å². The van der Waals surface area contributed by atoms with Gasteiger partial charge in [-0.1, -0.05) is 83.1 Å². The smallest absolute Gasteiger partial charge is 0.159 e. The first kappa shape index (κ1) is 45.7. The standard InChI is InChI=1S/3C11H20O2.Y/c3*1-8(2)5-10(12)7-11(13)6-9(3)4;/h3*7-9,12H,5-6H2,1-4H3;/b3*10-7-;. The van der Waals surface area contributed by atoms with Gasteiger partial charge in [0.1, 0.15) is 0 Å². The summed E-state index contributed by atoms with van der Waals surface area (Å²) in [5.41, 5.74) is 0. The number of aliphatic hydroxyl groups is 3. The Morgan fingerprint density at radius 2 is 0.550 bits per heavy atom. The number of aliphatic hydroxyl groups excluding tert-OH is 3. The Hall–Kier alpha value is -1.27. The van der Waals surface area contributed by atoms with Crippen molar-refractivity contribution in [1.29, 1.82) is 0 Å². The predicted octanol–water partition coefficient (Wildman–Crippen LogP) is 9.27. The maximum absolute atomic E-state index is 11.2. The van der Waals surface area contributed by atoms with Crippen molar-refractivity contribution in [3.63, 3.8) is 0 Å². The van der Waals surface area contributed by atoms with E-state index in [1.54, 1.807) is 0 Å². The second-order valence-corrected chi connectivity index (χ2v) is 12.9. The van der Waals surface area contributed by atoms with Gasteiger partial charge in [-0.3, -0.25) is 14.4 Å². The first-order valence-corrected chi connectivity index (χ1v) is 14.5. The number of carbonyl (C=O) groups is 3. The van der Waals surface area contributed by atoms with Crippen molar-refractivity contribution in [3.8, 4) is 0 Å². The summed E-state index contributed by atoms with van der Waals surface area (Å²) in [4.78, 5) is 33.6. The van der Waals surface area contributed by atoms with E-state index in [1.807, 2.05) is 83.1 Å². The van der Waals surface area contributed by atoms with E-state index in [-0.39, 0.29) is 67.3 Å². The number of ketones is 3. The first-order valence-electron chi connectivity index (χ1n) is 14.5. The first-order chi connectivity index (χ1) is 17.7. The van der Waals surface area contributed by atoms with Crippen LogP contribution in [0.1, 0.15) is 122 Å². The Labute approximate surface area is 271 Å². The molecule has 0 unspecified atom stereocenters. The van der Waals surface area contributed by atoms with E-state index < -0.39 is 0 Å². The molecule has 0 fully saturated rings. The fraction of sp³-hybridized carbons (Fsp3) is 0.727. The van der Waals surface area contributed by atoms with Crippen LogP contribution in [0.5, 0.6) is 0 Å². The summed E-state index contributed by atoms with van der Waals surface area (Å²) in [6, 6.07) is 0. The van der Waals surface area contributed by atoms with Gasteiger partial charge in [0, 0.05) is 89.5 Å². The van der Waals surface area contributed by atoms with Gasteiger partial charge in [0.25, 0.3) is 0 Å². The van der Waals surface area contributed by atoms with Crippen LogP contribution in [0.3, 0.4) is 0 Å². The Morgan fingerprint density at radius 3 is 0.675 bits per heavy atom. The van der Waals surface area contributed by atoms with E-state index in [1.165, 1.54) is 18.2 Å². The Bertz CT molecular complexity index is 682. The molecule has 3 N–H and O–H groups in total. The normalized spacial score (nSPS) is 12.3. The average Bonchev–Trinajstić information content (AvgIpc) is 2.64. The number of hydrogen-bond donors (Lipinski definition) is 3. The predicted molar refractivity (Wildman–Crippen MR) is 164 cm³/mol. The SMILES string of the molecule is CC(C)CC(=O)/C=C(\O)CC(C)C.CC(C)CC(=O)/C=C(\O)CC(C)C.CC(C)CC(=O)/C=C(\O)CC(C)C.[Y]. The summed E-state index contributed by atoms with van der Waals surface area (Å²) in [6.07, 6.45) is 7.39. The van der Waals surface area contributed by atoms with Gasteiger partial charge in [-0.05, 0) is 35.5 Å². The molecule has 0 heterocycles. The van der Waals surface area contributed by atoms with Gasteiger partial charge < -0.3 is 15.3 Å². The average molecular weight is 642 g/mol. The molecule has 0 aliphatic carbocycles. The third-order valence-electron chi connectivity index (χ3n) is 4.66. The molecule has 0 saturated carbocycles. The molecule has 0 aromatic carbocycles. The molecule has 1 radical (unpaired) electrons. The van der Waals surface area contributed by atoms with Crippen molar-refractivity contribution in [3.05, 3.63) is 35.5 Å². The molecule has 0 aliphatic rings. The summed E-state index contributed by atoms with van der Waals surface area (Å²) in [7, 11) is 0. The summed E-state index contributed by atoms with van der Waals surface area (Å²) >= 11 is 0. The van der Waals surface area contributed by atoms with Crippen LogP contribution in [0.4, 0.5) is 0 Å². The van der Waals surface area contributed by atoms with Crippen LogP contribution in [-0.2, 0) is 47.1 Å². The Balaban J connectivity index is -0.000000240. The zero-order valence-electron chi connectivity index (χ0n) is 27.6. The van der Waals surface area contributed by atoms with Gasteiger partial charge in [0.15, 0.2) is 17.3 Å². The van der Waals surface area contributed by atoms with Gasteiger partial charge in [0.05, 0.1) is 17.3 Å². The van der Waals surface area contributed by atoms with Crippen molar-refractivity contribution in [2.24, 2.45) is 35.5 Å². The van der Waals surface area contributed by atoms with E-state index in [0.29, 0.717) is 74.0 Å². The molecule has 0 saturated heterocycles. The molecule has 7 heteroatoms. The molecular weight excluding hydrogens is 581 g/mol. The van der Waals surface area contributed by atoms with E-state index in [9.17, 15) is 29.7 Å². The second kappa shape index (κ2) is 26.6. The van der Waals surface area contributed by atoms with Crippen LogP contribution in [-0.4, -0.2) is 32.7 Å². The molecule has 0 atom stereocenters. The maximum Gasteiger partial charge on any atom is 0.159 e. The van der Waals surface area contributed by atoms with E-state index in [4.69, 9.17) is 0 Å². The van der Waals surface area contributed by atoms with Crippen molar-refractivity contribution in [2.75, 3.05) is 0 Å². The molecule has 0 aliphatic heterocycles. The number of allylic oxidation sites excluding steroid dienone is 6. The second-order valence-electron chi connectivity index (χ2n) is 12.9. The van der Waals surface area contributed by atoms with Crippen LogP contribution in [0.25, 0.3) is 0 Å². The molecule has 0 rings (SSSR count). The van der Waals surface area contributed by atoms with Gasteiger partial charge in [-0.15, -0.1) is 0 Å².